The third-order valence-electron chi connectivity index (χ3n) is 4.35. The standard InChI is InChI=1S/C22H23NO4/c1-4-5-11-27-17-8-6-7-16(12-17)22(24)21-18-14-20(26-3)19(25-2)13-15(18)9-10-23-21/h6-10,12-14H,4-5,11H2,1-3H3. The molecule has 27 heavy (non-hydrogen) atoms. The van der Waals surface area contributed by atoms with Crippen LogP contribution >= 0.6 is 0 Å². The third kappa shape index (κ3) is 4.03. The summed E-state index contributed by atoms with van der Waals surface area (Å²) in [6.07, 6.45) is 3.66. The molecule has 0 radical (unpaired) electrons. The maximum absolute atomic E-state index is 13.1. The molecular formula is C22H23NO4. The van der Waals surface area contributed by atoms with E-state index in [4.69, 9.17) is 14.2 Å². The Kier molecular flexibility index (Phi) is 5.91. The number of unbranched alkanes of at least 4 members (excludes halogenated alkanes) is 1. The van der Waals surface area contributed by atoms with Crippen molar-refractivity contribution < 1.29 is 19.0 Å². The first-order chi connectivity index (χ1) is 13.2. The molecule has 0 fully saturated rings. The molecule has 0 spiro atoms. The van der Waals surface area contributed by atoms with Crippen molar-refractivity contribution in [2.24, 2.45) is 0 Å². The van der Waals surface area contributed by atoms with Crippen LogP contribution in [0.4, 0.5) is 0 Å². The molecule has 2 aromatic carbocycles. The van der Waals surface area contributed by atoms with Gasteiger partial charge in [0.25, 0.3) is 0 Å². The van der Waals surface area contributed by atoms with Gasteiger partial charge in [0.05, 0.1) is 20.8 Å². The maximum atomic E-state index is 13.1. The zero-order valence-electron chi connectivity index (χ0n) is 15.8. The van der Waals surface area contributed by atoms with E-state index >= 15 is 0 Å². The van der Waals surface area contributed by atoms with E-state index in [0.29, 0.717) is 35.1 Å². The van der Waals surface area contributed by atoms with Gasteiger partial charge in [0, 0.05) is 17.1 Å². The van der Waals surface area contributed by atoms with Crippen LogP contribution in [-0.2, 0) is 0 Å². The number of pyridine rings is 1. The molecule has 3 rings (SSSR count). The number of nitrogens with zero attached hydrogens (tertiary/aromatic N) is 1. The van der Waals surface area contributed by atoms with E-state index in [2.05, 4.69) is 11.9 Å². The van der Waals surface area contributed by atoms with Crippen LogP contribution in [0, 0.1) is 0 Å². The lowest BCUT2D eigenvalue weighted by atomic mass is 10.0. The van der Waals surface area contributed by atoms with E-state index in [9.17, 15) is 4.79 Å². The topological polar surface area (TPSA) is 57.7 Å². The van der Waals surface area contributed by atoms with Gasteiger partial charge < -0.3 is 14.2 Å². The Labute approximate surface area is 158 Å². The number of methoxy groups -OCH3 is 2. The Hall–Kier alpha value is -3.08. The second-order valence-corrected chi connectivity index (χ2v) is 6.15. The number of ketones is 1. The Morgan fingerprint density at radius 3 is 2.56 bits per heavy atom. The summed E-state index contributed by atoms with van der Waals surface area (Å²) in [6, 6.07) is 12.7. The lowest BCUT2D eigenvalue weighted by molar-refractivity contribution is 0.103. The normalized spacial score (nSPS) is 10.6. The SMILES string of the molecule is CCCCOc1cccc(C(=O)c2nccc3cc(OC)c(OC)cc23)c1. The molecule has 1 aromatic heterocycles. The van der Waals surface area contributed by atoms with Crippen molar-refractivity contribution in [3.63, 3.8) is 0 Å². The molecule has 0 saturated heterocycles. The van der Waals surface area contributed by atoms with Crippen LogP contribution < -0.4 is 14.2 Å². The summed E-state index contributed by atoms with van der Waals surface area (Å²) in [5.74, 6) is 1.70. The van der Waals surface area contributed by atoms with E-state index < -0.39 is 0 Å². The molecule has 0 amide bonds. The fourth-order valence-corrected chi connectivity index (χ4v) is 2.88. The quantitative estimate of drug-likeness (QED) is 0.429. The number of benzene rings is 2. The van der Waals surface area contributed by atoms with Gasteiger partial charge in [-0.05, 0) is 42.1 Å². The van der Waals surface area contributed by atoms with Gasteiger partial charge in [0.2, 0.25) is 5.78 Å². The molecule has 1 heterocycles. The van der Waals surface area contributed by atoms with E-state index in [0.717, 1.165) is 23.6 Å². The van der Waals surface area contributed by atoms with Crippen molar-refractivity contribution in [2.45, 2.75) is 19.8 Å². The largest absolute Gasteiger partial charge is 0.494 e. The Morgan fingerprint density at radius 1 is 1.04 bits per heavy atom. The number of carbonyl (C=O) groups is 1. The summed E-state index contributed by atoms with van der Waals surface area (Å²) in [4.78, 5) is 17.4. The van der Waals surface area contributed by atoms with Gasteiger partial charge in [-0.3, -0.25) is 9.78 Å². The number of ether oxygens (including phenoxy) is 3. The van der Waals surface area contributed by atoms with Gasteiger partial charge >= 0.3 is 0 Å². The molecule has 0 aliphatic rings. The van der Waals surface area contributed by atoms with Gasteiger partial charge in [-0.25, -0.2) is 0 Å². The van der Waals surface area contributed by atoms with Gasteiger partial charge in [-0.15, -0.1) is 0 Å². The molecule has 0 aliphatic heterocycles. The molecule has 3 aromatic rings. The predicted octanol–water partition coefficient (Wildman–Crippen LogP) is 4.66. The van der Waals surface area contributed by atoms with Crippen molar-refractivity contribution in [1.82, 2.24) is 4.98 Å². The van der Waals surface area contributed by atoms with Crippen LogP contribution in [-0.4, -0.2) is 31.6 Å². The molecule has 0 bridgehead atoms. The Balaban J connectivity index is 1.99. The monoisotopic (exact) mass is 365 g/mol. The summed E-state index contributed by atoms with van der Waals surface area (Å²) in [7, 11) is 3.15. The van der Waals surface area contributed by atoms with E-state index in [1.807, 2.05) is 24.3 Å². The Bertz CT molecular complexity index is 952. The average molecular weight is 365 g/mol. The van der Waals surface area contributed by atoms with E-state index in [1.165, 1.54) is 0 Å². The van der Waals surface area contributed by atoms with Crippen LogP contribution in [0.2, 0.25) is 0 Å². The fraction of sp³-hybridized carbons (Fsp3) is 0.273. The number of carbonyl (C=O) groups excluding carboxylic acids is 1. The van der Waals surface area contributed by atoms with Crippen LogP contribution in [0.25, 0.3) is 10.8 Å². The molecule has 0 atom stereocenters. The predicted molar refractivity (Wildman–Crippen MR) is 105 cm³/mol. The van der Waals surface area contributed by atoms with Crippen LogP contribution in [0.1, 0.15) is 35.8 Å². The second kappa shape index (κ2) is 8.54. The highest BCUT2D eigenvalue weighted by atomic mass is 16.5. The molecule has 0 saturated carbocycles. The first-order valence-corrected chi connectivity index (χ1v) is 8.96. The summed E-state index contributed by atoms with van der Waals surface area (Å²) >= 11 is 0. The highest BCUT2D eigenvalue weighted by Crippen LogP contribution is 2.33. The fourth-order valence-electron chi connectivity index (χ4n) is 2.88. The summed E-state index contributed by atoms with van der Waals surface area (Å²) < 4.78 is 16.4. The van der Waals surface area contributed by atoms with Crippen LogP contribution in [0.15, 0.2) is 48.7 Å². The molecule has 140 valence electrons. The van der Waals surface area contributed by atoms with Crippen LogP contribution in [0.5, 0.6) is 17.2 Å². The van der Waals surface area contributed by atoms with Crippen molar-refractivity contribution in [3.05, 3.63) is 59.9 Å². The van der Waals surface area contributed by atoms with E-state index in [1.54, 1.807) is 38.6 Å². The third-order valence-corrected chi connectivity index (χ3v) is 4.35. The van der Waals surface area contributed by atoms with Crippen molar-refractivity contribution in [1.29, 1.82) is 0 Å². The second-order valence-electron chi connectivity index (χ2n) is 6.15. The summed E-state index contributed by atoms with van der Waals surface area (Å²) in [5.41, 5.74) is 0.915. The van der Waals surface area contributed by atoms with Crippen molar-refractivity contribution in [2.75, 3.05) is 20.8 Å². The molecule has 0 aliphatic carbocycles. The number of hydrogen-bond acceptors (Lipinski definition) is 5. The highest BCUT2D eigenvalue weighted by molar-refractivity contribution is 6.15. The highest BCUT2D eigenvalue weighted by Gasteiger charge is 2.17. The zero-order valence-corrected chi connectivity index (χ0v) is 15.8. The summed E-state index contributed by atoms with van der Waals surface area (Å²) in [6.45, 7) is 2.75. The minimum absolute atomic E-state index is 0.159. The minimum atomic E-state index is -0.159. The lowest BCUT2D eigenvalue weighted by Gasteiger charge is -2.11. The molecule has 5 heteroatoms. The first kappa shape index (κ1) is 18.7. The van der Waals surface area contributed by atoms with E-state index in [-0.39, 0.29) is 5.78 Å². The van der Waals surface area contributed by atoms with Gasteiger partial charge in [-0.2, -0.15) is 0 Å². The van der Waals surface area contributed by atoms with Crippen molar-refractivity contribution >= 4 is 16.6 Å². The summed E-state index contributed by atoms with van der Waals surface area (Å²) in [5, 5.41) is 1.58. The first-order valence-electron chi connectivity index (χ1n) is 8.96. The number of rotatable bonds is 8. The van der Waals surface area contributed by atoms with Gasteiger partial charge in [0.1, 0.15) is 11.4 Å². The number of hydrogen-bond donors (Lipinski definition) is 0. The Morgan fingerprint density at radius 2 is 1.81 bits per heavy atom. The maximum Gasteiger partial charge on any atom is 0.212 e. The van der Waals surface area contributed by atoms with Gasteiger partial charge in [-0.1, -0.05) is 25.5 Å². The molecule has 0 N–H and O–H groups in total. The molecule has 5 nitrogen and oxygen atoms in total. The average Bonchev–Trinajstić information content (AvgIpc) is 2.72. The smallest absolute Gasteiger partial charge is 0.212 e. The number of aromatic nitrogens is 1. The molecule has 0 unspecified atom stereocenters. The van der Waals surface area contributed by atoms with Crippen LogP contribution in [0.3, 0.4) is 0 Å². The zero-order chi connectivity index (χ0) is 19.2. The lowest BCUT2D eigenvalue weighted by Crippen LogP contribution is -2.06. The molecular weight excluding hydrogens is 342 g/mol. The minimum Gasteiger partial charge on any atom is -0.494 e. The van der Waals surface area contributed by atoms with Crippen molar-refractivity contribution in [3.8, 4) is 17.2 Å². The van der Waals surface area contributed by atoms with Gasteiger partial charge in [0.15, 0.2) is 11.5 Å². The number of fused-ring (bicyclic) bond motifs is 1.